The Balaban J connectivity index is 1.82. The van der Waals surface area contributed by atoms with Crippen LogP contribution >= 0.6 is 11.6 Å². The van der Waals surface area contributed by atoms with Crippen molar-refractivity contribution in [2.75, 3.05) is 4.72 Å². The molecule has 32 heavy (non-hydrogen) atoms. The number of para-hydroxylation sites is 1. The summed E-state index contributed by atoms with van der Waals surface area (Å²) in [5, 5.41) is 0.838. The predicted octanol–water partition coefficient (Wildman–Crippen LogP) is 4.90. The molecule has 0 unspecified atom stereocenters. The molecule has 0 atom stereocenters. The summed E-state index contributed by atoms with van der Waals surface area (Å²) in [6.07, 6.45) is 0. The van der Waals surface area contributed by atoms with E-state index in [-0.39, 0.29) is 21.8 Å². The van der Waals surface area contributed by atoms with Crippen molar-refractivity contribution < 1.29 is 12.8 Å². The zero-order valence-corrected chi connectivity index (χ0v) is 19.1. The van der Waals surface area contributed by atoms with Crippen molar-refractivity contribution in [2.24, 2.45) is 0 Å². The molecule has 1 N–H and O–H groups in total. The Morgan fingerprint density at radius 3 is 2.47 bits per heavy atom. The first kappa shape index (κ1) is 22.0. The zero-order valence-electron chi connectivity index (χ0n) is 17.5. The van der Waals surface area contributed by atoms with Crippen LogP contribution in [-0.2, 0) is 10.0 Å². The molecule has 0 spiro atoms. The van der Waals surface area contributed by atoms with E-state index in [1.807, 2.05) is 0 Å². The molecule has 0 saturated carbocycles. The van der Waals surface area contributed by atoms with Gasteiger partial charge in [0, 0.05) is 5.02 Å². The lowest BCUT2D eigenvalue weighted by Crippen LogP contribution is -2.23. The Kier molecular flexibility index (Phi) is 5.52. The monoisotopic (exact) mass is 471 g/mol. The third kappa shape index (κ3) is 3.87. The summed E-state index contributed by atoms with van der Waals surface area (Å²) >= 11 is 6.07. The number of sulfonamides is 1. The first-order chi connectivity index (χ1) is 15.1. The van der Waals surface area contributed by atoms with E-state index >= 15 is 0 Å². The number of aryl methyl sites for hydroxylation is 3. The summed E-state index contributed by atoms with van der Waals surface area (Å²) in [4.78, 5) is 17.5. The summed E-state index contributed by atoms with van der Waals surface area (Å²) in [6, 6.07) is 13.6. The molecule has 6 nitrogen and oxygen atoms in total. The second-order valence-corrected chi connectivity index (χ2v) is 9.51. The molecule has 0 fully saturated rings. The van der Waals surface area contributed by atoms with Crippen LogP contribution in [0.15, 0.2) is 64.3 Å². The fraction of sp³-hybridized carbons (Fsp3) is 0.130. The average Bonchev–Trinajstić information content (AvgIpc) is 2.72. The third-order valence-electron chi connectivity index (χ3n) is 5.14. The van der Waals surface area contributed by atoms with Crippen LogP contribution in [0.3, 0.4) is 0 Å². The molecular weight excluding hydrogens is 453 g/mol. The Morgan fingerprint density at radius 1 is 1.00 bits per heavy atom. The van der Waals surface area contributed by atoms with Crippen LogP contribution in [0.2, 0.25) is 5.02 Å². The van der Waals surface area contributed by atoms with Crippen molar-refractivity contribution in [3.63, 3.8) is 0 Å². The lowest BCUT2D eigenvalue weighted by molar-refractivity contribution is 0.598. The fourth-order valence-electron chi connectivity index (χ4n) is 3.52. The highest BCUT2D eigenvalue weighted by atomic mass is 35.5. The van der Waals surface area contributed by atoms with Crippen LogP contribution in [0.4, 0.5) is 10.1 Å². The second kappa shape index (κ2) is 8.03. The van der Waals surface area contributed by atoms with E-state index in [0.29, 0.717) is 32.9 Å². The van der Waals surface area contributed by atoms with Gasteiger partial charge in [0.15, 0.2) is 0 Å². The van der Waals surface area contributed by atoms with Crippen molar-refractivity contribution in [1.29, 1.82) is 0 Å². The minimum atomic E-state index is -4.11. The van der Waals surface area contributed by atoms with Gasteiger partial charge in [0.2, 0.25) is 0 Å². The molecule has 1 aromatic heterocycles. The molecule has 0 saturated heterocycles. The molecule has 0 aliphatic carbocycles. The van der Waals surface area contributed by atoms with E-state index in [4.69, 9.17) is 11.6 Å². The first-order valence-corrected chi connectivity index (χ1v) is 11.5. The number of aromatic nitrogens is 2. The number of hydrogen-bond acceptors (Lipinski definition) is 4. The van der Waals surface area contributed by atoms with Crippen LogP contribution in [0.5, 0.6) is 0 Å². The highest BCUT2D eigenvalue weighted by molar-refractivity contribution is 7.92. The van der Waals surface area contributed by atoms with Crippen LogP contribution in [0.1, 0.15) is 17.0 Å². The van der Waals surface area contributed by atoms with Crippen molar-refractivity contribution in [1.82, 2.24) is 9.55 Å². The number of nitrogens with one attached hydrogen (secondary N) is 1. The van der Waals surface area contributed by atoms with E-state index in [9.17, 15) is 17.6 Å². The maximum atomic E-state index is 14.6. The summed E-state index contributed by atoms with van der Waals surface area (Å²) < 4.78 is 44.2. The molecule has 4 rings (SSSR count). The quantitative estimate of drug-likeness (QED) is 0.459. The number of benzene rings is 3. The van der Waals surface area contributed by atoms with E-state index < -0.39 is 15.8 Å². The SMILES string of the molecule is Cc1cc(S(=O)(=O)Nc2cc(-n3c(C)nc4ccccc4c3=O)ccc2F)c(C)cc1Cl. The van der Waals surface area contributed by atoms with Crippen LogP contribution in [0.25, 0.3) is 16.6 Å². The van der Waals surface area contributed by atoms with Crippen molar-refractivity contribution in [2.45, 2.75) is 25.7 Å². The Hall–Kier alpha value is -3.23. The molecule has 0 radical (unpaired) electrons. The number of nitrogens with zero attached hydrogens (tertiary/aromatic N) is 2. The number of anilines is 1. The largest absolute Gasteiger partial charge is 0.277 e. The van der Waals surface area contributed by atoms with Gasteiger partial charge in [-0.2, -0.15) is 0 Å². The highest BCUT2D eigenvalue weighted by Gasteiger charge is 2.21. The van der Waals surface area contributed by atoms with Crippen LogP contribution in [0, 0.1) is 26.6 Å². The molecule has 164 valence electrons. The van der Waals surface area contributed by atoms with Gasteiger partial charge in [-0.05, 0) is 74.4 Å². The lowest BCUT2D eigenvalue weighted by Gasteiger charge is -2.15. The summed E-state index contributed by atoms with van der Waals surface area (Å²) in [5.74, 6) is -0.390. The maximum Gasteiger partial charge on any atom is 0.265 e. The molecule has 1 heterocycles. The highest BCUT2D eigenvalue weighted by Crippen LogP contribution is 2.27. The standard InChI is InChI=1S/C23H19ClFN3O3S/c1-13-11-22(14(2)10-18(13)24)32(30,31)27-21-12-16(8-9-19(21)25)28-15(3)26-20-7-5-4-6-17(20)23(28)29/h4-12,27H,1-3H3. The van der Waals surface area contributed by atoms with Crippen molar-refractivity contribution in [3.8, 4) is 5.69 Å². The minimum Gasteiger partial charge on any atom is -0.277 e. The van der Waals surface area contributed by atoms with Crippen LogP contribution < -0.4 is 10.3 Å². The minimum absolute atomic E-state index is 0.00933. The number of halogens is 2. The Morgan fingerprint density at radius 2 is 1.72 bits per heavy atom. The third-order valence-corrected chi connectivity index (χ3v) is 7.06. The van der Waals surface area contributed by atoms with Gasteiger partial charge in [-0.25, -0.2) is 17.8 Å². The fourth-order valence-corrected chi connectivity index (χ4v) is 5.11. The smallest absolute Gasteiger partial charge is 0.265 e. The molecule has 0 amide bonds. The molecule has 4 aromatic rings. The number of rotatable bonds is 4. The molecule has 0 aliphatic heterocycles. The summed E-state index contributed by atoms with van der Waals surface area (Å²) in [5.41, 5.74) is 1.22. The van der Waals surface area contributed by atoms with Gasteiger partial charge in [0.1, 0.15) is 11.6 Å². The van der Waals surface area contributed by atoms with Gasteiger partial charge < -0.3 is 0 Å². The maximum absolute atomic E-state index is 14.6. The molecular formula is C23H19ClFN3O3S. The molecule has 3 aromatic carbocycles. The van der Waals surface area contributed by atoms with Gasteiger partial charge in [-0.1, -0.05) is 23.7 Å². The van der Waals surface area contributed by atoms with E-state index in [0.717, 1.165) is 6.07 Å². The Labute approximate surface area is 189 Å². The zero-order chi connectivity index (χ0) is 23.2. The van der Waals surface area contributed by atoms with Crippen molar-refractivity contribution >= 4 is 38.2 Å². The van der Waals surface area contributed by atoms with Gasteiger partial charge in [0.25, 0.3) is 15.6 Å². The van der Waals surface area contributed by atoms with E-state index in [1.165, 1.54) is 22.8 Å². The average molecular weight is 472 g/mol. The van der Waals surface area contributed by atoms with Gasteiger partial charge in [0.05, 0.1) is 27.2 Å². The Bertz CT molecular complexity index is 1550. The first-order valence-electron chi connectivity index (χ1n) is 9.66. The molecule has 0 bridgehead atoms. The normalized spacial score (nSPS) is 11.7. The van der Waals surface area contributed by atoms with Gasteiger partial charge in [-0.3, -0.25) is 14.1 Å². The van der Waals surface area contributed by atoms with E-state index in [2.05, 4.69) is 9.71 Å². The summed E-state index contributed by atoms with van der Waals surface area (Å²) in [6.45, 7) is 4.95. The molecule has 9 heteroatoms. The topological polar surface area (TPSA) is 81.1 Å². The van der Waals surface area contributed by atoms with Gasteiger partial charge >= 0.3 is 0 Å². The number of hydrogen-bond donors (Lipinski definition) is 1. The van der Waals surface area contributed by atoms with Crippen molar-refractivity contribution in [3.05, 3.63) is 92.7 Å². The summed E-state index contributed by atoms with van der Waals surface area (Å²) in [7, 11) is -4.11. The van der Waals surface area contributed by atoms with E-state index in [1.54, 1.807) is 51.1 Å². The lowest BCUT2D eigenvalue weighted by atomic mass is 10.2. The van der Waals surface area contributed by atoms with Crippen LogP contribution in [-0.4, -0.2) is 18.0 Å². The second-order valence-electron chi connectivity index (χ2n) is 7.45. The number of fused-ring (bicyclic) bond motifs is 1. The predicted molar refractivity (Wildman–Crippen MR) is 124 cm³/mol. The molecule has 0 aliphatic rings. The van der Waals surface area contributed by atoms with Gasteiger partial charge in [-0.15, -0.1) is 0 Å².